The van der Waals surface area contributed by atoms with Crippen LogP contribution in [0.3, 0.4) is 0 Å². The molecule has 8 heteroatoms. The highest BCUT2D eigenvalue weighted by molar-refractivity contribution is 5.96. The maximum absolute atomic E-state index is 12.8. The summed E-state index contributed by atoms with van der Waals surface area (Å²) in [6.07, 6.45) is 4.12. The molecule has 8 nitrogen and oxygen atoms in total. The van der Waals surface area contributed by atoms with E-state index in [1.807, 2.05) is 19.1 Å². The van der Waals surface area contributed by atoms with Gasteiger partial charge in [0.25, 0.3) is 5.91 Å². The van der Waals surface area contributed by atoms with E-state index >= 15 is 0 Å². The zero-order valence-electron chi connectivity index (χ0n) is 19.9. The van der Waals surface area contributed by atoms with Crippen molar-refractivity contribution in [3.63, 3.8) is 0 Å². The number of rotatable bonds is 7. The maximum atomic E-state index is 12.8. The second-order valence-corrected chi connectivity index (χ2v) is 9.82. The van der Waals surface area contributed by atoms with Crippen LogP contribution < -0.4 is 16.4 Å². The molecule has 32 heavy (non-hydrogen) atoms. The molecular formula is C24H36N6O2. The topological polar surface area (TPSA) is 115 Å². The van der Waals surface area contributed by atoms with E-state index in [0.717, 1.165) is 42.1 Å². The number of amidine groups is 1. The molecular weight excluding hydrogens is 404 g/mol. The molecule has 2 aromatic rings. The summed E-state index contributed by atoms with van der Waals surface area (Å²) >= 11 is 0. The molecule has 0 spiro atoms. The lowest BCUT2D eigenvalue weighted by molar-refractivity contribution is 0.0929. The third kappa shape index (κ3) is 6.38. The number of benzene rings is 1. The smallest absolute Gasteiger partial charge is 0.289 e. The van der Waals surface area contributed by atoms with Crippen molar-refractivity contribution in [3.05, 3.63) is 29.6 Å². The van der Waals surface area contributed by atoms with Crippen molar-refractivity contribution in [2.75, 3.05) is 25.6 Å². The van der Waals surface area contributed by atoms with Gasteiger partial charge in [-0.25, -0.2) is 9.97 Å². The quantitative estimate of drug-likeness (QED) is 0.449. The van der Waals surface area contributed by atoms with E-state index in [-0.39, 0.29) is 29.2 Å². The van der Waals surface area contributed by atoms with Crippen LogP contribution in [0.4, 0.5) is 5.82 Å². The van der Waals surface area contributed by atoms with Gasteiger partial charge in [0.1, 0.15) is 18.3 Å². The molecule has 1 saturated carbocycles. The molecule has 3 rings (SSSR count). The van der Waals surface area contributed by atoms with Gasteiger partial charge in [-0.3, -0.25) is 9.79 Å². The van der Waals surface area contributed by atoms with E-state index < -0.39 is 0 Å². The van der Waals surface area contributed by atoms with E-state index in [9.17, 15) is 4.79 Å². The molecule has 1 aliphatic rings. The van der Waals surface area contributed by atoms with Gasteiger partial charge in [-0.1, -0.05) is 45.2 Å². The fraction of sp³-hybridized carbons (Fsp3) is 0.583. The molecule has 174 valence electrons. The first-order valence-electron chi connectivity index (χ1n) is 11.3. The first-order chi connectivity index (χ1) is 15.2. The number of hydrogen-bond donors (Lipinski definition) is 3. The van der Waals surface area contributed by atoms with E-state index in [0.29, 0.717) is 24.8 Å². The van der Waals surface area contributed by atoms with Crippen molar-refractivity contribution in [1.82, 2.24) is 15.3 Å². The second-order valence-electron chi connectivity index (χ2n) is 9.82. The normalized spacial score (nSPS) is 19.7. The van der Waals surface area contributed by atoms with Crippen LogP contribution in [0.2, 0.25) is 0 Å². The highest BCUT2D eigenvalue weighted by atomic mass is 16.5. The number of fused-ring (bicyclic) bond motifs is 1. The lowest BCUT2D eigenvalue weighted by atomic mass is 9.90. The summed E-state index contributed by atoms with van der Waals surface area (Å²) in [4.78, 5) is 26.7. The summed E-state index contributed by atoms with van der Waals surface area (Å²) < 4.78 is 5.12. The summed E-state index contributed by atoms with van der Waals surface area (Å²) in [7, 11) is 1.61. The van der Waals surface area contributed by atoms with Crippen molar-refractivity contribution in [3.8, 4) is 0 Å². The number of ether oxygens (including phenoxy) is 1. The summed E-state index contributed by atoms with van der Waals surface area (Å²) in [5.74, 6) is 1.06. The minimum Gasteiger partial charge on any atom is -0.386 e. The molecule has 1 heterocycles. The highest BCUT2D eigenvalue weighted by Gasteiger charge is 2.27. The van der Waals surface area contributed by atoms with E-state index in [4.69, 9.17) is 15.5 Å². The van der Waals surface area contributed by atoms with Gasteiger partial charge in [0, 0.05) is 25.1 Å². The average molecular weight is 441 g/mol. The van der Waals surface area contributed by atoms with Crippen LogP contribution in [0.15, 0.2) is 23.2 Å². The van der Waals surface area contributed by atoms with Crippen molar-refractivity contribution < 1.29 is 9.53 Å². The molecule has 0 bridgehead atoms. The van der Waals surface area contributed by atoms with Crippen LogP contribution in [0.5, 0.6) is 0 Å². The Morgan fingerprint density at radius 3 is 2.72 bits per heavy atom. The number of hydrogen-bond acceptors (Lipinski definition) is 6. The number of methoxy groups -OCH3 is 1. The predicted octanol–water partition coefficient (Wildman–Crippen LogP) is 3.44. The number of amides is 1. The number of aryl methyl sites for hydroxylation is 1. The van der Waals surface area contributed by atoms with Crippen LogP contribution >= 0.6 is 0 Å². The zero-order valence-corrected chi connectivity index (χ0v) is 19.9. The third-order valence-corrected chi connectivity index (χ3v) is 5.51. The first kappa shape index (κ1) is 23.9. The Labute approximate surface area is 190 Å². The number of nitrogens with zero attached hydrogens (tertiary/aromatic N) is 3. The van der Waals surface area contributed by atoms with Crippen molar-refractivity contribution in [2.45, 2.75) is 65.5 Å². The molecule has 0 aliphatic heterocycles. The molecule has 1 aromatic carbocycles. The Morgan fingerprint density at radius 1 is 1.25 bits per heavy atom. The summed E-state index contributed by atoms with van der Waals surface area (Å²) in [5, 5.41) is 7.43. The largest absolute Gasteiger partial charge is 0.386 e. The van der Waals surface area contributed by atoms with Crippen LogP contribution in [0, 0.1) is 12.3 Å². The Kier molecular flexibility index (Phi) is 7.66. The fourth-order valence-electron chi connectivity index (χ4n) is 3.89. The Hall–Kier alpha value is -2.74. The van der Waals surface area contributed by atoms with E-state index in [1.165, 1.54) is 0 Å². The standard InChI is InChI=1S/C24H36N6O2/c1-15-10-11-17-16(12-15)21(30-22(28-17)23(31)26-14-24(2,3)4)29-19-9-7-6-8-18(19)27-20(25)13-32-5/h10-12,18-19H,6-9,13-14H2,1-5H3,(H2,25,27)(H,26,31)(H,28,29,30)/t18-,19+/m1/s1. The summed E-state index contributed by atoms with van der Waals surface area (Å²) in [5.41, 5.74) is 7.85. The number of carbonyl (C=O) groups excluding carboxylic acids is 1. The number of anilines is 1. The predicted molar refractivity (Wildman–Crippen MR) is 129 cm³/mol. The molecule has 1 aliphatic carbocycles. The number of nitrogens with one attached hydrogen (secondary N) is 2. The molecule has 1 fully saturated rings. The van der Waals surface area contributed by atoms with Gasteiger partial charge in [0.15, 0.2) is 0 Å². The third-order valence-electron chi connectivity index (χ3n) is 5.51. The fourth-order valence-corrected chi connectivity index (χ4v) is 3.89. The first-order valence-corrected chi connectivity index (χ1v) is 11.3. The lowest BCUT2D eigenvalue weighted by Crippen LogP contribution is -2.38. The van der Waals surface area contributed by atoms with Crippen molar-refractivity contribution >= 4 is 28.5 Å². The molecule has 1 amide bonds. The van der Waals surface area contributed by atoms with Crippen LogP contribution in [0.25, 0.3) is 10.9 Å². The molecule has 2 atom stereocenters. The molecule has 0 saturated heterocycles. The van der Waals surface area contributed by atoms with Gasteiger partial charge < -0.3 is 21.1 Å². The second kappa shape index (κ2) is 10.3. The van der Waals surface area contributed by atoms with E-state index in [2.05, 4.69) is 47.4 Å². The number of aromatic nitrogens is 2. The van der Waals surface area contributed by atoms with Gasteiger partial charge in [-0.05, 0) is 37.3 Å². The molecule has 1 aromatic heterocycles. The Morgan fingerprint density at radius 2 is 2.00 bits per heavy atom. The van der Waals surface area contributed by atoms with Crippen molar-refractivity contribution in [1.29, 1.82) is 0 Å². The van der Waals surface area contributed by atoms with Gasteiger partial charge in [0.2, 0.25) is 5.82 Å². The minimum absolute atomic E-state index is 0.0276. The highest BCUT2D eigenvalue weighted by Crippen LogP contribution is 2.28. The SMILES string of the molecule is COCC(N)=N[C@@H]1CCCC[C@@H]1Nc1nc(C(=O)NCC(C)(C)C)nc2ccc(C)cc12. The summed E-state index contributed by atoms with van der Waals surface area (Å²) in [6, 6.07) is 6.09. The monoisotopic (exact) mass is 440 g/mol. The molecule has 4 N–H and O–H groups in total. The Balaban J connectivity index is 1.93. The number of carbonyl (C=O) groups is 1. The average Bonchev–Trinajstić information content (AvgIpc) is 2.73. The number of nitrogens with two attached hydrogens (primary N) is 1. The van der Waals surface area contributed by atoms with E-state index in [1.54, 1.807) is 7.11 Å². The lowest BCUT2D eigenvalue weighted by Gasteiger charge is -2.30. The van der Waals surface area contributed by atoms with Gasteiger partial charge in [-0.15, -0.1) is 0 Å². The minimum atomic E-state index is -0.270. The van der Waals surface area contributed by atoms with Crippen LogP contribution in [-0.2, 0) is 4.74 Å². The molecule has 0 radical (unpaired) electrons. The van der Waals surface area contributed by atoms with Crippen LogP contribution in [0.1, 0.15) is 62.6 Å². The summed E-state index contributed by atoms with van der Waals surface area (Å²) in [6.45, 7) is 9.11. The van der Waals surface area contributed by atoms with Gasteiger partial charge in [0.05, 0.1) is 11.6 Å². The van der Waals surface area contributed by atoms with Gasteiger partial charge in [-0.2, -0.15) is 0 Å². The maximum Gasteiger partial charge on any atom is 0.289 e. The van der Waals surface area contributed by atoms with Crippen LogP contribution in [-0.4, -0.2) is 54.1 Å². The molecule has 0 unspecified atom stereocenters. The van der Waals surface area contributed by atoms with Gasteiger partial charge >= 0.3 is 0 Å². The Bertz CT molecular complexity index is 982. The zero-order chi connectivity index (χ0) is 23.3. The number of aliphatic imine (C=N–C) groups is 1. The van der Waals surface area contributed by atoms with Crippen molar-refractivity contribution in [2.24, 2.45) is 16.1 Å².